The van der Waals surface area contributed by atoms with E-state index >= 15 is 0 Å². The number of hydrogen-bond donors (Lipinski definition) is 1. The Kier molecular flexibility index (Phi) is 3.78. The van der Waals surface area contributed by atoms with E-state index in [-0.39, 0.29) is 0 Å². The monoisotopic (exact) mass is 223 g/mol. The van der Waals surface area contributed by atoms with Crippen molar-refractivity contribution in [3.63, 3.8) is 0 Å². The molecule has 1 N–H and O–H groups in total. The smallest absolute Gasteiger partial charge is 0.124 e. The van der Waals surface area contributed by atoms with E-state index in [1.807, 2.05) is 18.2 Å². The lowest BCUT2D eigenvalue weighted by Crippen LogP contribution is -2.23. The molecule has 1 atom stereocenters. The molecule has 3 heteroatoms. The van der Waals surface area contributed by atoms with Crippen LogP contribution in [-0.2, 0) is 13.1 Å². The Morgan fingerprint density at radius 3 is 3.00 bits per heavy atom. The third-order valence-corrected chi connectivity index (χ3v) is 3.13. The molecule has 0 bridgehead atoms. The summed E-state index contributed by atoms with van der Waals surface area (Å²) in [7, 11) is 1.58. The van der Waals surface area contributed by atoms with Crippen molar-refractivity contribution in [3.8, 4) is 5.75 Å². The Balaban J connectivity index is 2.09. The van der Waals surface area contributed by atoms with Crippen molar-refractivity contribution in [2.75, 3.05) is 13.7 Å². The van der Waals surface area contributed by atoms with E-state index < -0.39 is 6.67 Å². The van der Waals surface area contributed by atoms with Gasteiger partial charge in [-0.1, -0.05) is 6.07 Å². The van der Waals surface area contributed by atoms with Crippen LogP contribution < -0.4 is 10.1 Å². The SMILES string of the molecule is COc1ccc(CC2CCCN2)cc1CF. The molecule has 1 aromatic rings. The molecule has 1 aromatic carbocycles. The second-order valence-corrected chi connectivity index (χ2v) is 4.28. The number of rotatable bonds is 4. The third-order valence-electron chi connectivity index (χ3n) is 3.13. The Hall–Kier alpha value is -1.09. The molecule has 1 saturated heterocycles. The first-order chi connectivity index (χ1) is 7.83. The summed E-state index contributed by atoms with van der Waals surface area (Å²) in [4.78, 5) is 0. The zero-order chi connectivity index (χ0) is 11.4. The van der Waals surface area contributed by atoms with Gasteiger partial charge in [0.25, 0.3) is 0 Å². The predicted octanol–water partition coefficient (Wildman–Crippen LogP) is 2.46. The molecular formula is C13H18FNO. The molecule has 16 heavy (non-hydrogen) atoms. The highest BCUT2D eigenvalue weighted by atomic mass is 19.1. The Morgan fingerprint density at radius 2 is 2.38 bits per heavy atom. The van der Waals surface area contributed by atoms with Crippen molar-refractivity contribution >= 4 is 0 Å². The van der Waals surface area contributed by atoms with Crippen molar-refractivity contribution in [1.82, 2.24) is 5.32 Å². The average Bonchev–Trinajstić information content (AvgIpc) is 2.81. The number of benzene rings is 1. The topological polar surface area (TPSA) is 21.3 Å². The van der Waals surface area contributed by atoms with E-state index in [1.54, 1.807) is 7.11 Å². The largest absolute Gasteiger partial charge is 0.496 e. The summed E-state index contributed by atoms with van der Waals surface area (Å²) in [6.07, 6.45) is 3.45. The molecule has 2 nitrogen and oxygen atoms in total. The summed E-state index contributed by atoms with van der Waals surface area (Å²) in [5, 5.41) is 3.45. The lowest BCUT2D eigenvalue weighted by atomic mass is 10.0. The van der Waals surface area contributed by atoms with Gasteiger partial charge in [0.2, 0.25) is 0 Å². The molecule has 0 aromatic heterocycles. The fraction of sp³-hybridized carbons (Fsp3) is 0.538. The van der Waals surface area contributed by atoms with Gasteiger partial charge in [-0.2, -0.15) is 0 Å². The Labute approximate surface area is 95.8 Å². The van der Waals surface area contributed by atoms with Crippen LogP contribution in [0.25, 0.3) is 0 Å². The van der Waals surface area contributed by atoms with Crippen LogP contribution in [0.3, 0.4) is 0 Å². The second kappa shape index (κ2) is 5.30. The van der Waals surface area contributed by atoms with Crippen molar-refractivity contribution in [1.29, 1.82) is 0 Å². The lowest BCUT2D eigenvalue weighted by molar-refractivity contribution is 0.393. The fourth-order valence-electron chi connectivity index (χ4n) is 2.28. The minimum absolute atomic E-state index is 0.463. The fourth-order valence-corrected chi connectivity index (χ4v) is 2.28. The van der Waals surface area contributed by atoms with Gasteiger partial charge in [0.05, 0.1) is 7.11 Å². The number of halogens is 1. The second-order valence-electron chi connectivity index (χ2n) is 4.28. The zero-order valence-electron chi connectivity index (χ0n) is 9.63. The Morgan fingerprint density at radius 1 is 1.50 bits per heavy atom. The van der Waals surface area contributed by atoms with Gasteiger partial charge in [-0.15, -0.1) is 0 Å². The molecule has 1 fully saturated rings. The molecule has 2 rings (SSSR count). The number of alkyl halides is 1. The number of methoxy groups -OCH3 is 1. The standard InChI is InChI=1S/C13H18FNO/c1-16-13-5-4-10(7-11(13)9-14)8-12-3-2-6-15-12/h4-5,7,12,15H,2-3,6,8-9H2,1H3. The van der Waals surface area contributed by atoms with Gasteiger partial charge in [0, 0.05) is 11.6 Å². The Bertz CT molecular complexity index is 348. The molecule has 0 spiro atoms. The summed E-state index contributed by atoms with van der Waals surface area (Å²) >= 11 is 0. The molecule has 1 aliphatic heterocycles. The molecule has 1 unspecified atom stereocenters. The summed E-state index contributed by atoms with van der Waals surface area (Å²) < 4.78 is 17.9. The van der Waals surface area contributed by atoms with Crippen molar-refractivity contribution < 1.29 is 9.13 Å². The van der Waals surface area contributed by atoms with Crippen LogP contribution in [0, 0.1) is 0 Å². The molecule has 1 heterocycles. The van der Waals surface area contributed by atoms with Crippen LogP contribution in [0.5, 0.6) is 5.75 Å². The van der Waals surface area contributed by atoms with Gasteiger partial charge in [-0.25, -0.2) is 4.39 Å². The minimum Gasteiger partial charge on any atom is -0.496 e. The van der Waals surface area contributed by atoms with Crippen LogP contribution in [0.1, 0.15) is 24.0 Å². The first kappa shape index (κ1) is 11.4. The van der Waals surface area contributed by atoms with Gasteiger partial charge in [-0.05, 0) is 43.5 Å². The van der Waals surface area contributed by atoms with E-state index in [1.165, 1.54) is 18.4 Å². The maximum absolute atomic E-state index is 12.8. The summed E-state index contributed by atoms with van der Waals surface area (Å²) in [5.41, 5.74) is 1.84. The van der Waals surface area contributed by atoms with Gasteiger partial charge in [0.1, 0.15) is 12.4 Å². The molecular weight excluding hydrogens is 205 g/mol. The van der Waals surface area contributed by atoms with Crippen LogP contribution >= 0.6 is 0 Å². The maximum Gasteiger partial charge on any atom is 0.124 e. The highest BCUT2D eigenvalue weighted by Crippen LogP contribution is 2.22. The van der Waals surface area contributed by atoms with Gasteiger partial charge < -0.3 is 10.1 Å². The highest BCUT2D eigenvalue weighted by molar-refractivity contribution is 5.37. The maximum atomic E-state index is 12.8. The minimum atomic E-state index is -0.463. The number of ether oxygens (including phenoxy) is 1. The van der Waals surface area contributed by atoms with Crippen molar-refractivity contribution in [2.45, 2.75) is 32.0 Å². The quantitative estimate of drug-likeness (QED) is 0.846. The van der Waals surface area contributed by atoms with Gasteiger partial charge >= 0.3 is 0 Å². The molecule has 0 aliphatic carbocycles. The summed E-state index contributed by atoms with van der Waals surface area (Å²) in [6.45, 7) is 0.645. The van der Waals surface area contributed by atoms with Gasteiger partial charge in [-0.3, -0.25) is 0 Å². The first-order valence-corrected chi connectivity index (χ1v) is 5.78. The molecule has 88 valence electrons. The van der Waals surface area contributed by atoms with Gasteiger partial charge in [0.15, 0.2) is 0 Å². The van der Waals surface area contributed by atoms with Crippen molar-refractivity contribution in [3.05, 3.63) is 29.3 Å². The van der Waals surface area contributed by atoms with E-state index in [0.29, 0.717) is 17.4 Å². The predicted molar refractivity (Wildman–Crippen MR) is 62.5 cm³/mol. The van der Waals surface area contributed by atoms with Crippen molar-refractivity contribution in [2.24, 2.45) is 0 Å². The summed E-state index contributed by atoms with van der Waals surface area (Å²) in [5.74, 6) is 0.644. The number of hydrogen-bond acceptors (Lipinski definition) is 2. The molecule has 0 saturated carbocycles. The molecule has 0 amide bonds. The van der Waals surface area contributed by atoms with Crippen LogP contribution in [-0.4, -0.2) is 19.7 Å². The summed E-state index contributed by atoms with van der Waals surface area (Å²) in [6, 6.07) is 6.36. The van der Waals surface area contributed by atoms with E-state index in [4.69, 9.17) is 4.74 Å². The van der Waals surface area contributed by atoms with Crippen LogP contribution in [0.4, 0.5) is 4.39 Å². The highest BCUT2D eigenvalue weighted by Gasteiger charge is 2.15. The van der Waals surface area contributed by atoms with E-state index in [2.05, 4.69) is 5.32 Å². The third kappa shape index (κ3) is 2.53. The van der Waals surface area contributed by atoms with E-state index in [9.17, 15) is 4.39 Å². The molecule has 1 aliphatic rings. The number of nitrogens with one attached hydrogen (secondary N) is 1. The van der Waals surface area contributed by atoms with Crippen LogP contribution in [0.2, 0.25) is 0 Å². The van der Waals surface area contributed by atoms with Crippen LogP contribution in [0.15, 0.2) is 18.2 Å². The zero-order valence-corrected chi connectivity index (χ0v) is 9.63. The molecule has 0 radical (unpaired) electrons. The van der Waals surface area contributed by atoms with E-state index in [0.717, 1.165) is 13.0 Å². The first-order valence-electron chi connectivity index (χ1n) is 5.78. The lowest BCUT2D eigenvalue weighted by Gasteiger charge is -2.12. The average molecular weight is 223 g/mol. The normalized spacial score (nSPS) is 20.0.